The molecule has 0 saturated carbocycles. The number of halogens is 1. The van der Waals surface area contributed by atoms with E-state index in [2.05, 4.69) is 14.9 Å². The van der Waals surface area contributed by atoms with Crippen molar-refractivity contribution in [3.05, 3.63) is 46.7 Å². The van der Waals surface area contributed by atoms with Gasteiger partial charge in [-0.25, -0.2) is 13.1 Å². The van der Waals surface area contributed by atoms with Gasteiger partial charge in [0.1, 0.15) is 4.90 Å². The van der Waals surface area contributed by atoms with E-state index in [0.29, 0.717) is 11.1 Å². The molecule has 0 fully saturated rings. The van der Waals surface area contributed by atoms with Crippen molar-refractivity contribution >= 4 is 21.6 Å². The van der Waals surface area contributed by atoms with Crippen molar-refractivity contribution in [1.82, 2.24) is 14.9 Å². The first-order valence-electron chi connectivity index (χ1n) is 5.20. The van der Waals surface area contributed by atoms with E-state index in [1.54, 1.807) is 6.20 Å². The molecule has 2 rings (SSSR count). The molecule has 0 radical (unpaired) electrons. The van der Waals surface area contributed by atoms with Crippen molar-refractivity contribution in [2.75, 3.05) is 0 Å². The Bertz CT molecular complexity index is 720. The number of nitrogens with zero attached hydrogens (tertiary/aromatic N) is 2. The van der Waals surface area contributed by atoms with E-state index >= 15 is 0 Å². The number of sulfonamides is 1. The van der Waals surface area contributed by atoms with Crippen molar-refractivity contribution in [3.63, 3.8) is 0 Å². The molecule has 2 N–H and O–H groups in total. The summed E-state index contributed by atoms with van der Waals surface area (Å²) >= 11 is 5.86. The average molecular weight is 297 g/mol. The maximum absolute atomic E-state index is 12.0. The highest BCUT2D eigenvalue weighted by molar-refractivity contribution is 7.89. The van der Waals surface area contributed by atoms with Gasteiger partial charge in [-0.2, -0.15) is 10.4 Å². The molecule has 19 heavy (non-hydrogen) atoms. The van der Waals surface area contributed by atoms with Gasteiger partial charge in [-0.1, -0.05) is 11.6 Å². The van der Waals surface area contributed by atoms with Gasteiger partial charge in [-0.3, -0.25) is 5.10 Å². The molecule has 0 amide bonds. The van der Waals surface area contributed by atoms with E-state index in [1.165, 1.54) is 24.4 Å². The molecular weight excluding hydrogens is 288 g/mol. The summed E-state index contributed by atoms with van der Waals surface area (Å²) in [5, 5.41) is 15.0. The minimum atomic E-state index is -3.73. The fraction of sp³-hybridized carbons (Fsp3) is 0.0909. The van der Waals surface area contributed by atoms with Gasteiger partial charge in [-0.05, 0) is 18.2 Å². The molecular formula is C11H9ClN4O2S. The molecule has 8 heteroatoms. The van der Waals surface area contributed by atoms with Crippen LogP contribution in [0.3, 0.4) is 0 Å². The van der Waals surface area contributed by atoms with Crippen molar-refractivity contribution < 1.29 is 8.42 Å². The second-order valence-corrected chi connectivity index (χ2v) is 5.83. The van der Waals surface area contributed by atoms with Crippen LogP contribution in [-0.4, -0.2) is 18.6 Å². The fourth-order valence-electron chi connectivity index (χ4n) is 1.42. The first-order chi connectivity index (χ1) is 9.03. The average Bonchev–Trinajstić information content (AvgIpc) is 2.89. The van der Waals surface area contributed by atoms with E-state index in [9.17, 15) is 8.42 Å². The van der Waals surface area contributed by atoms with E-state index in [0.717, 1.165) is 0 Å². The van der Waals surface area contributed by atoms with Gasteiger partial charge >= 0.3 is 0 Å². The highest BCUT2D eigenvalue weighted by Crippen LogP contribution is 2.22. The van der Waals surface area contributed by atoms with Crippen LogP contribution < -0.4 is 4.72 Å². The van der Waals surface area contributed by atoms with E-state index in [4.69, 9.17) is 16.9 Å². The quantitative estimate of drug-likeness (QED) is 0.891. The second kappa shape index (κ2) is 5.40. The number of aromatic amines is 1. The number of hydrogen-bond acceptors (Lipinski definition) is 4. The van der Waals surface area contributed by atoms with E-state index < -0.39 is 10.0 Å². The smallest absolute Gasteiger partial charge is 0.242 e. The SMILES string of the molecule is N#Cc1ccc(S(=O)(=O)NCc2cn[nH]c2)c(Cl)c1. The van der Waals surface area contributed by atoms with Gasteiger partial charge in [-0.15, -0.1) is 0 Å². The van der Waals surface area contributed by atoms with Gasteiger partial charge in [0.2, 0.25) is 10.0 Å². The molecule has 2 aromatic rings. The summed E-state index contributed by atoms with van der Waals surface area (Å²) in [7, 11) is -3.73. The predicted molar refractivity (Wildman–Crippen MR) is 68.8 cm³/mol. The van der Waals surface area contributed by atoms with E-state index in [1.807, 2.05) is 6.07 Å². The van der Waals surface area contributed by atoms with Crippen LogP contribution in [0.4, 0.5) is 0 Å². The third kappa shape index (κ3) is 3.12. The van der Waals surface area contributed by atoms with Crippen LogP contribution in [0.15, 0.2) is 35.5 Å². The van der Waals surface area contributed by atoms with Crippen LogP contribution in [0.2, 0.25) is 5.02 Å². The molecule has 0 aliphatic rings. The van der Waals surface area contributed by atoms with Gasteiger partial charge in [0, 0.05) is 18.3 Å². The lowest BCUT2D eigenvalue weighted by Gasteiger charge is -2.07. The van der Waals surface area contributed by atoms with Crippen LogP contribution in [-0.2, 0) is 16.6 Å². The summed E-state index contributed by atoms with van der Waals surface area (Å²) in [4.78, 5) is -0.0586. The van der Waals surface area contributed by atoms with Crippen molar-refractivity contribution in [2.45, 2.75) is 11.4 Å². The Morgan fingerprint density at radius 2 is 2.26 bits per heavy atom. The van der Waals surface area contributed by atoms with E-state index in [-0.39, 0.29) is 16.5 Å². The number of nitrogens with one attached hydrogen (secondary N) is 2. The highest BCUT2D eigenvalue weighted by atomic mass is 35.5. The zero-order valence-electron chi connectivity index (χ0n) is 9.59. The number of hydrogen-bond donors (Lipinski definition) is 2. The second-order valence-electron chi connectivity index (χ2n) is 3.69. The molecule has 1 aromatic carbocycles. The maximum atomic E-state index is 12.0. The van der Waals surface area contributed by atoms with Crippen molar-refractivity contribution in [1.29, 1.82) is 5.26 Å². The van der Waals surface area contributed by atoms with Crippen LogP contribution in [0.5, 0.6) is 0 Å². The lowest BCUT2D eigenvalue weighted by atomic mass is 10.2. The van der Waals surface area contributed by atoms with Gasteiger partial charge in [0.05, 0.1) is 22.9 Å². The maximum Gasteiger partial charge on any atom is 0.242 e. The zero-order chi connectivity index (χ0) is 13.9. The van der Waals surface area contributed by atoms with Crippen molar-refractivity contribution in [2.24, 2.45) is 0 Å². The molecule has 0 bridgehead atoms. The summed E-state index contributed by atoms with van der Waals surface area (Å²) in [6.45, 7) is 0.106. The first-order valence-corrected chi connectivity index (χ1v) is 7.06. The Kier molecular flexibility index (Phi) is 3.85. The molecule has 0 spiro atoms. The number of benzene rings is 1. The molecule has 0 aliphatic carbocycles. The molecule has 98 valence electrons. The number of aromatic nitrogens is 2. The van der Waals surface area contributed by atoms with Gasteiger partial charge < -0.3 is 0 Å². The first kappa shape index (κ1) is 13.5. The Hall–Kier alpha value is -1.88. The Morgan fingerprint density at radius 1 is 1.47 bits per heavy atom. The zero-order valence-corrected chi connectivity index (χ0v) is 11.2. The lowest BCUT2D eigenvalue weighted by Crippen LogP contribution is -2.23. The predicted octanol–water partition coefficient (Wildman–Crippen LogP) is 1.41. The molecule has 1 heterocycles. The third-order valence-electron chi connectivity index (χ3n) is 2.37. The minimum Gasteiger partial charge on any atom is -0.285 e. The summed E-state index contributed by atoms with van der Waals surface area (Å²) in [5.41, 5.74) is 1.01. The van der Waals surface area contributed by atoms with Crippen LogP contribution in [0.1, 0.15) is 11.1 Å². The standard InChI is InChI=1S/C11H9ClN4O2S/c12-10-3-8(4-13)1-2-11(10)19(17,18)16-7-9-5-14-15-6-9/h1-3,5-6,16H,7H2,(H,14,15). The third-order valence-corrected chi connectivity index (χ3v) is 4.26. The van der Waals surface area contributed by atoms with Crippen LogP contribution in [0.25, 0.3) is 0 Å². The van der Waals surface area contributed by atoms with Crippen LogP contribution >= 0.6 is 11.6 Å². The Balaban J connectivity index is 2.22. The number of rotatable bonds is 4. The summed E-state index contributed by atoms with van der Waals surface area (Å²) in [6, 6.07) is 5.91. The molecule has 0 saturated heterocycles. The molecule has 0 atom stereocenters. The molecule has 0 aliphatic heterocycles. The lowest BCUT2D eigenvalue weighted by molar-refractivity contribution is 0.581. The van der Waals surface area contributed by atoms with Crippen molar-refractivity contribution in [3.8, 4) is 6.07 Å². The summed E-state index contributed by atoms with van der Waals surface area (Å²) in [5.74, 6) is 0. The largest absolute Gasteiger partial charge is 0.285 e. The Morgan fingerprint density at radius 3 is 2.84 bits per heavy atom. The molecule has 1 aromatic heterocycles. The topological polar surface area (TPSA) is 98.6 Å². The number of H-pyrrole nitrogens is 1. The fourth-order valence-corrected chi connectivity index (χ4v) is 2.98. The highest BCUT2D eigenvalue weighted by Gasteiger charge is 2.18. The summed E-state index contributed by atoms with van der Waals surface area (Å²) in [6.07, 6.45) is 3.10. The van der Waals surface area contributed by atoms with Gasteiger partial charge in [0.25, 0.3) is 0 Å². The minimum absolute atomic E-state index is 0.0127. The molecule has 6 nitrogen and oxygen atoms in total. The summed E-state index contributed by atoms with van der Waals surface area (Å²) < 4.78 is 26.5. The Labute approximate surface area is 115 Å². The normalized spacial score (nSPS) is 11.2. The monoisotopic (exact) mass is 296 g/mol. The molecule has 0 unspecified atom stereocenters. The van der Waals surface area contributed by atoms with Gasteiger partial charge in [0.15, 0.2) is 0 Å². The van der Waals surface area contributed by atoms with Crippen LogP contribution in [0, 0.1) is 11.3 Å². The number of nitriles is 1.